The molecule has 4 N–H and O–H groups in total. The van der Waals surface area contributed by atoms with Gasteiger partial charge in [-0.05, 0) is 67.2 Å². The third-order valence-electron chi connectivity index (χ3n) is 3.52. The lowest BCUT2D eigenvalue weighted by Gasteiger charge is -2.10. The van der Waals surface area contributed by atoms with Crippen LogP contribution < -0.4 is 6.15 Å². The molecule has 0 aliphatic heterocycles. The highest BCUT2D eigenvalue weighted by molar-refractivity contribution is 7.47. The number of phosphoric acid groups is 1. The van der Waals surface area contributed by atoms with Crippen molar-refractivity contribution in [2.45, 2.75) is 67.2 Å². The molecule has 6 heteroatoms. The number of hydrogen-bond acceptors (Lipinski definition) is 4. The maximum Gasteiger partial charge on any atom is 0.472 e. The van der Waals surface area contributed by atoms with Gasteiger partial charge in [0.05, 0.1) is 13.2 Å². The molecule has 0 unspecified atom stereocenters. The Morgan fingerprint density at radius 3 is 1.42 bits per heavy atom. The monoisotopic (exact) mass is 387 g/mol. The second kappa shape index (κ2) is 15.1. The normalized spacial score (nSPS) is 14.3. The van der Waals surface area contributed by atoms with Gasteiger partial charge in [0.2, 0.25) is 0 Å². The Morgan fingerprint density at radius 1 is 0.769 bits per heavy atom. The van der Waals surface area contributed by atoms with Crippen LogP contribution in [0.1, 0.15) is 67.2 Å². The summed E-state index contributed by atoms with van der Waals surface area (Å²) in [4.78, 5) is 9.67. The first-order chi connectivity index (χ1) is 11.6. The smallest absolute Gasteiger partial charge is 0.344 e. The summed E-state index contributed by atoms with van der Waals surface area (Å²) in [6.45, 7) is 12.4. The third-order valence-corrected chi connectivity index (χ3v) is 4.47. The van der Waals surface area contributed by atoms with E-state index in [1.54, 1.807) is 0 Å². The van der Waals surface area contributed by atoms with Crippen molar-refractivity contribution in [2.24, 2.45) is 0 Å². The zero-order valence-electron chi connectivity index (χ0n) is 17.4. The number of rotatable bonds is 12. The van der Waals surface area contributed by atoms with Crippen molar-refractivity contribution in [3.63, 3.8) is 0 Å². The van der Waals surface area contributed by atoms with Crippen LogP contribution in [0, 0.1) is 0 Å². The summed E-state index contributed by atoms with van der Waals surface area (Å²) in [5.41, 5.74) is 4.85. The lowest BCUT2D eigenvalue weighted by Crippen LogP contribution is -1.97. The van der Waals surface area contributed by atoms with Gasteiger partial charge in [-0.2, -0.15) is 0 Å². The standard InChI is InChI=1S/C20H35O4P.H3N/c1-17(2)9-7-11-19(5)13-15-23-25(21,22)24-16-14-20(6)12-8-10-18(3)4;/h9-10,13-14H,7-8,11-12,15-16H2,1-6H3,(H,21,22);1H3/b19-13-,20-14-;. The zero-order chi connectivity index (χ0) is 19.3. The summed E-state index contributed by atoms with van der Waals surface area (Å²) in [6, 6.07) is 0. The summed E-state index contributed by atoms with van der Waals surface area (Å²) in [5.74, 6) is 0. The van der Waals surface area contributed by atoms with Gasteiger partial charge in [-0.25, -0.2) is 4.57 Å². The third kappa shape index (κ3) is 17.8. The van der Waals surface area contributed by atoms with E-state index < -0.39 is 7.82 Å². The van der Waals surface area contributed by atoms with Crippen LogP contribution in [0.2, 0.25) is 0 Å². The minimum atomic E-state index is -4.00. The fourth-order valence-corrected chi connectivity index (χ4v) is 2.57. The van der Waals surface area contributed by atoms with Crippen LogP contribution >= 0.6 is 7.82 Å². The quantitative estimate of drug-likeness (QED) is 0.288. The van der Waals surface area contributed by atoms with E-state index in [0.717, 1.165) is 36.8 Å². The first-order valence-corrected chi connectivity index (χ1v) is 10.3. The first kappa shape index (κ1) is 27.3. The molecule has 26 heavy (non-hydrogen) atoms. The fraction of sp³-hybridized carbons (Fsp3) is 0.600. The highest BCUT2D eigenvalue weighted by Gasteiger charge is 2.19. The molecule has 0 amide bonds. The molecule has 5 nitrogen and oxygen atoms in total. The molecule has 0 heterocycles. The van der Waals surface area contributed by atoms with E-state index in [-0.39, 0.29) is 19.4 Å². The second-order valence-electron chi connectivity index (χ2n) is 6.80. The Morgan fingerprint density at radius 2 is 1.12 bits per heavy atom. The Kier molecular flexibility index (Phi) is 15.9. The van der Waals surface area contributed by atoms with Crippen molar-refractivity contribution in [3.05, 3.63) is 46.6 Å². The largest absolute Gasteiger partial charge is 0.472 e. The molecule has 0 aromatic heterocycles. The van der Waals surface area contributed by atoms with Gasteiger partial charge in [0, 0.05) is 0 Å². The minimum absolute atomic E-state index is 0. The summed E-state index contributed by atoms with van der Waals surface area (Å²) < 4.78 is 21.8. The average molecular weight is 388 g/mol. The van der Waals surface area contributed by atoms with Crippen LogP contribution in [-0.2, 0) is 13.6 Å². The van der Waals surface area contributed by atoms with Gasteiger partial charge >= 0.3 is 7.82 Å². The van der Waals surface area contributed by atoms with E-state index in [2.05, 4.69) is 39.8 Å². The molecule has 152 valence electrons. The molecule has 0 bridgehead atoms. The minimum Gasteiger partial charge on any atom is -0.344 e. The van der Waals surface area contributed by atoms with Crippen molar-refractivity contribution in [1.82, 2.24) is 6.15 Å². The van der Waals surface area contributed by atoms with Crippen molar-refractivity contribution < 1.29 is 18.5 Å². The van der Waals surface area contributed by atoms with Gasteiger partial charge in [0.25, 0.3) is 0 Å². The molecule has 0 atom stereocenters. The topological polar surface area (TPSA) is 90.8 Å². The average Bonchev–Trinajstić information content (AvgIpc) is 2.45. The van der Waals surface area contributed by atoms with Crippen LogP contribution in [-0.4, -0.2) is 18.1 Å². The van der Waals surface area contributed by atoms with Crippen LogP contribution in [0.3, 0.4) is 0 Å². The molecular weight excluding hydrogens is 349 g/mol. The predicted molar refractivity (Wildman–Crippen MR) is 112 cm³/mol. The molecular formula is C20H38NO4P. The Labute approximate surface area is 160 Å². The molecule has 0 spiro atoms. The van der Waals surface area contributed by atoms with Crippen LogP contribution in [0.15, 0.2) is 46.6 Å². The number of hydrogen-bond donors (Lipinski definition) is 2. The summed E-state index contributed by atoms with van der Waals surface area (Å²) in [5, 5.41) is 0. The van der Waals surface area contributed by atoms with Crippen LogP contribution in [0.25, 0.3) is 0 Å². The molecule has 0 rings (SSSR count). The molecule has 0 saturated carbocycles. The van der Waals surface area contributed by atoms with E-state index >= 15 is 0 Å². The van der Waals surface area contributed by atoms with Gasteiger partial charge in [-0.1, -0.05) is 46.6 Å². The number of allylic oxidation sites excluding steroid dienone is 6. The van der Waals surface area contributed by atoms with E-state index in [1.165, 1.54) is 11.1 Å². The Balaban J connectivity index is 0. The SMILES string of the molecule is CC(C)=CCC/C(C)=C\COP(=O)(O)OC/C=C(/C)CCC=C(C)C.N. The van der Waals surface area contributed by atoms with Crippen LogP contribution in [0.4, 0.5) is 0 Å². The molecule has 0 aliphatic rings. The zero-order valence-corrected chi connectivity index (χ0v) is 18.3. The van der Waals surface area contributed by atoms with Crippen molar-refractivity contribution in [1.29, 1.82) is 0 Å². The van der Waals surface area contributed by atoms with Gasteiger partial charge in [-0.15, -0.1) is 0 Å². The lowest BCUT2D eigenvalue weighted by molar-refractivity contribution is 0.174. The summed E-state index contributed by atoms with van der Waals surface area (Å²) in [6.07, 6.45) is 11.8. The molecule has 0 saturated heterocycles. The predicted octanol–water partition coefficient (Wildman–Crippen LogP) is 6.67. The Hall–Kier alpha value is -0.970. The highest BCUT2D eigenvalue weighted by atomic mass is 31.2. The van der Waals surface area contributed by atoms with E-state index in [0.29, 0.717) is 0 Å². The Bertz CT molecular complexity index is 508. The van der Waals surface area contributed by atoms with Gasteiger partial charge in [0.15, 0.2) is 0 Å². The van der Waals surface area contributed by atoms with E-state index in [9.17, 15) is 9.46 Å². The fourth-order valence-electron chi connectivity index (χ4n) is 1.97. The van der Waals surface area contributed by atoms with Gasteiger partial charge < -0.3 is 11.0 Å². The van der Waals surface area contributed by atoms with Gasteiger partial charge in [0.1, 0.15) is 0 Å². The summed E-state index contributed by atoms with van der Waals surface area (Å²) >= 11 is 0. The maximum absolute atomic E-state index is 11.8. The molecule has 0 fully saturated rings. The molecule has 0 aromatic rings. The maximum atomic E-state index is 11.8. The van der Waals surface area contributed by atoms with Crippen molar-refractivity contribution in [3.8, 4) is 0 Å². The molecule has 0 aromatic carbocycles. The van der Waals surface area contributed by atoms with Crippen molar-refractivity contribution in [2.75, 3.05) is 13.2 Å². The highest BCUT2D eigenvalue weighted by Crippen LogP contribution is 2.43. The van der Waals surface area contributed by atoms with Crippen molar-refractivity contribution >= 4 is 7.82 Å². The van der Waals surface area contributed by atoms with Crippen LogP contribution in [0.5, 0.6) is 0 Å². The second-order valence-corrected chi connectivity index (χ2v) is 8.25. The summed E-state index contributed by atoms with van der Waals surface area (Å²) in [7, 11) is -4.00. The first-order valence-electron chi connectivity index (χ1n) is 8.82. The molecule has 0 aliphatic carbocycles. The van der Waals surface area contributed by atoms with E-state index in [1.807, 2.05) is 26.0 Å². The number of phosphoric ester groups is 1. The molecule has 0 radical (unpaired) electrons. The lowest BCUT2D eigenvalue weighted by atomic mass is 10.1. The van der Waals surface area contributed by atoms with E-state index in [4.69, 9.17) is 9.05 Å². The van der Waals surface area contributed by atoms with Gasteiger partial charge in [-0.3, -0.25) is 9.05 Å².